The lowest BCUT2D eigenvalue weighted by molar-refractivity contribution is -0.134. The molecule has 118 valence electrons. The summed E-state index contributed by atoms with van der Waals surface area (Å²) in [6.45, 7) is 1.85. The Bertz CT molecular complexity index is 379. The summed E-state index contributed by atoms with van der Waals surface area (Å²) in [4.78, 5) is 26.2. The SMILES string of the molecule is O=C(NCC(=O)N1CCCCC1)C1CC2CCCCC2N1. The summed E-state index contributed by atoms with van der Waals surface area (Å²) in [5.41, 5.74) is 0. The van der Waals surface area contributed by atoms with E-state index in [4.69, 9.17) is 0 Å². The molecular weight excluding hydrogens is 266 g/mol. The third-order valence-electron chi connectivity index (χ3n) is 5.30. The lowest BCUT2D eigenvalue weighted by atomic mass is 9.85. The van der Waals surface area contributed by atoms with Gasteiger partial charge < -0.3 is 15.5 Å². The number of carbonyl (C=O) groups is 2. The highest BCUT2D eigenvalue weighted by Gasteiger charge is 2.38. The maximum atomic E-state index is 12.2. The number of hydrogen-bond acceptors (Lipinski definition) is 3. The predicted octanol–water partition coefficient (Wildman–Crippen LogP) is 1.04. The molecular formula is C16H27N3O2. The van der Waals surface area contributed by atoms with Gasteiger partial charge in [-0.1, -0.05) is 12.8 Å². The summed E-state index contributed by atoms with van der Waals surface area (Å²) in [7, 11) is 0. The Morgan fingerprint density at radius 2 is 1.81 bits per heavy atom. The number of amides is 2. The molecule has 3 atom stereocenters. The summed E-state index contributed by atoms with van der Waals surface area (Å²) in [6.07, 6.45) is 9.34. The Balaban J connectivity index is 1.43. The Morgan fingerprint density at radius 1 is 1.05 bits per heavy atom. The van der Waals surface area contributed by atoms with E-state index in [2.05, 4.69) is 10.6 Å². The number of rotatable bonds is 3. The van der Waals surface area contributed by atoms with Crippen LogP contribution >= 0.6 is 0 Å². The minimum atomic E-state index is -0.0905. The van der Waals surface area contributed by atoms with E-state index in [0.29, 0.717) is 12.0 Å². The first kappa shape index (κ1) is 14.8. The molecule has 0 radical (unpaired) electrons. The minimum Gasteiger partial charge on any atom is -0.346 e. The van der Waals surface area contributed by atoms with Gasteiger partial charge in [0.15, 0.2) is 0 Å². The van der Waals surface area contributed by atoms with Gasteiger partial charge >= 0.3 is 0 Å². The molecule has 5 nitrogen and oxygen atoms in total. The van der Waals surface area contributed by atoms with Gasteiger partial charge in [0, 0.05) is 19.1 Å². The molecule has 3 unspecified atom stereocenters. The summed E-state index contributed by atoms with van der Waals surface area (Å²) < 4.78 is 0. The van der Waals surface area contributed by atoms with Crippen molar-refractivity contribution in [3.8, 4) is 0 Å². The Morgan fingerprint density at radius 3 is 2.57 bits per heavy atom. The van der Waals surface area contributed by atoms with Gasteiger partial charge in [-0.15, -0.1) is 0 Å². The molecule has 3 aliphatic rings. The van der Waals surface area contributed by atoms with Gasteiger partial charge in [0.1, 0.15) is 0 Å². The number of piperidine rings is 1. The van der Waals surface area contributed by atoms with Crippen LogP contribution in [0.3, 0.4) is 0 Å². The number of nitrogens with one attached hydrogen (secondary N) is 2. The Labute approximate surface area is 126 Å². The molecule has 1 saturated carbocycles. The van der Waals surface area contributed by atoms with Gasteiger partial charge in [-0.05, 0) is 44.4 Å². The third kappa shape index (κ3) is 3.57. The molecule has 21 heavy (non-hydrogen) atoms. The fourth-order valence-electron chi connectivity index (χ4n) is 4.06. The molecule has 0 aromatic carbocycles. The molecule has 2 heterocycles. The fourth-order valence-corrected chi connectivity index (χ4v) is 4.06. The van der Waals surface area contributed by atoms with Crippen LogP contribution < -0.4 is 10.6 Å². The van der Waals surface area contributed by atoms with E-state index in [1.165, 1.54) is 32.1 Å². The zero-order valence-corrected chi connectivity index (χ0v) is 12.8. The van der Waals surface area contributed by atoms with Crippen LogP contribution in [0.1, 0.15) is 51.4 Å². The van der Waals surface area contributed by atoms with Crippen molar-refractivity contribution in [3.63, 3.8) is 0 Å². The first-order chi connectivity index (χ1) is 10.2. The molecule has 3 rings (SSSR count). The minimum absolute atomic E-state index is 0.00904. The molecule has 5 heteroatoms. The largest absolute Gasteiger partial charge is 0.346 e. The van der Waals surface area contributed by atoms with Crippen LogP contribution in [-0.2, 0) is 9.59 Å². The van der Waals surface area contributed by atoms with Crippen LogP contribution in [0.4, 0.5) is 0 Å². The van der Waals surface area contributed by atoms with Crippen LogP contribution in [0.15, 0.2) is 0 Å². The standard InChI is InChI=1S/C16H27N3O2/c20-15(19-8-4-1-5-9-19)11-17-16(21)14-10-12-6-2-3-7-13(12)18-14/h12-14,18H,1-11H2,(H,17,21). The second-order valence-electron chi connectivity index (χ2n) is 6.77. The van der Waals surface area contributed by atoms with Gasteiger partial charge in [0.25, 0.3) is 0 Å². The van der Waals surface area contributed by atoms with Crippen LogP contribution in [0, 0.1) is 5.92 Å². The second-order valence-corrected chi connectivity index (χ2v) is 6.77. The van der Waals surface area contributed by atoms with Crippen LogP contribution in [0.2, 0.25) is 0 Å². The van der Waals surface area contributed by atoms with Crippen LogP contribution in [0.25, 0.3) is 0 Å². The van der Waals surface area contributed by atoms with Crippen LogP contribution in [0.5, 0.6) is 0 Å². The monoisotopic (exact) mass is 293 g/mol. The van der Waals surface area contributed by atoms with E-state index >= 15 is 0 Å². The maximum absolute atomic E-state index is 12.2. The van der Waals surface area contributed by atoms with Crippen molar-refractivity contribution >= 4 is 11.8 Å². The summed E-state index contributed by atoms with van der Waals surface area (Å²) in [5, 5.41) is 6.30. The van der Waals surface area contributed by atoms with Gasteiger partial charge in [0.05, 0.1) is 12.6 Å². The van der Waals surface area contributed by atoms with Gasteiger partial charge in [0.2, 0.25) is 11.8 Å². The van der Waals surface area contributed by atoms with Crippen LogP contribution in [-0.4, -0.2) is 48.4 Å². The normalized spacial score (nSPS) is 32.6. The van der Waals surface area contributed by atoms with Crippen molar-refractivity contribution in [1.82, 2.24) is 15.5 Å². The first-order valence-corrected chi connectivity index (χ1v) is 8.55. The Hall–Kier alpha value is -1.10. The highest BCUT2D eigenvalue weighted by molar-refractivity contribution is 5.87. The third-order valence-corrected chi connectivity index (χ3v) is 5.30. The number of carbonyl (C=O) groups excluding carboxylic acids is 2. The van der Waals surface area contributed by atoms with E-state index < -0.39 is 0 Å². The second kappa shape index (κ2) is 6.77. The molecule has 2 N–H and O–H groups in total. The van der Waals surface area contributed by atoms with Crippen molar-refractivity contribution in [1.29, 1.82) is 0 Å². The molecule has 2 amide bonds. The van der Waals surface area contributed by atoms with E-state index in [1.54, 1.807) is 0 Å². The number of likely N-dealkylation sites (tertiary alicyclic amines) is 1. The van der Waals surface area contributed by atoms with E-state index in [0.717, 1.165) is 32.4 Å². The van der Waals surface area contributed by atoms with Crippen molar-refractivity contribution in [2.75, 3.05) is 19.6 Å². The molecule has 0 bridgehead atoms. The fraction of sp³-hybridized carbons (Fsp3) is 0.875. The van der Waals surface area contributed by atoms with Crippen molar-refractivity contribution in [2.45, 2.75) is 63.5 Å². The zero-order valence-electron chi connectivity index (χ0n) is 12.8. The topological polar surface area (TPSA) is 61.4 Å². The Kier molecular flexibility index (Phi) is 4.78. The molecule has 2 saturated heterocycles. The molecule has 1 aliphatic carbocycles. The lowest BCUT2D eigenvalue weighted by Crippen LogP contribution is -2.47. The quantitative estimate of drug-likeness (QED) is 0.817. The van der Waals surface area contributed by atoms with E-state index in [9.17, 15) is 9.59 Å². The summed E-state index contributed by atoms with van der Waals surface area (Å²) in [5.74, 6) is 0.737. The number of fused-ring (bicyclic) bond motifs is 1. The highest BCUT2D eigenvalue weighted by Crippen LogP contribution is 2.33. The number of hydrogen-bond donors (Lipinski definition) is 2. The first-order valence-electron chi connectivity index (χ1n) is 8.55. The maximum Gasteiger partial charge on any atom is 0.241 e. The molecule has 3 fully saturated rings. The average molecular weight is 293 g/mol. The van der Waals surface area contributed by atoms with Crippen molar-refractivity contribution < 1.29 is 9.59 Å². The van der Waals surface area contributed by atoms with E-state index in [1.807, 2.05) is 4.90 Å². The molecule has 2 aliphatic heterocycles. The average Bonchev–Trinajstić information content (AvgIpc) is 2.97. The summed E-state index contributed by atoms with van der Waals surface area (Å²) >= 11 is 0. The number of nitrogens with zero attached hydrogens (tertiary/aromatic N) is 1. The molecule has 0 aromatic rings. The summed E-state index contributed by atoms with van der Waals surface area (Å²) in [6, 6.07) is 0.430. The van der Waals surface area contributed by atoms with Crippen molar-refractivity contribution in [3.05, 3.63) is 0 Å². The zero-order chi connectivity index (χ0) is 14.7. The molecule has 0 spiro atoms. The van der Waals surface area contributed by atoms with Gasteiger partial charge in [-0.2, -0.15) is 0 Å². The van der Waals surface area contributed by atoms with Crippen molar-refractivity contribution in [2.24, 2.45) is 5.92 Å². The highest BCUT2D eigenvalue weighted by atomic mass is 16.2. The lowest BCUT2D eigenvalue weighted by Gasteiger charge is -2.27. The van der Waals surface area contributed by atoms with Gasteiger partial charge in [-0.25, -0.2) is 0 Å². The predicted molar refractivity (Wildman–Crippen MR) is 80.7 cm³/mol. The molecule has 0 aromatic heterocycles. The van der Waals surface area contributed by atoms with Gasteiger partial charge in [-0.3, -0.25) is 9.59 Å². The smallest absolute Gasteiger partial charge is 0.241 e. The van der Waals surface area contributed by atoms with E-state index in [-0.39, 0.29) is 24.4 Å².